The fraction of sp³-hybridized carbons (Fsp3) is 0.438. The van der Waals surface area contributed by atoms with Gasteiger partial charge in [-0.15, -0.1) is 0 Å². The van der Waals surface area contributed by atoms with Crippen molar-refractivity contribution >= 4 is 22.5 Å². The molecule has 0 aliphatic rings. The van der Waals surface area contributed by atoms with Crippen LogP contribution in [0.25, 0.3) is 10.9 Å². The minimum atomic E-state index is 0.455. The summed E-state index contributed by atoms with van der Waals surface area (Å²) in [6, 6.07) is 7.62. The van der Waals surface area contributed by atoms with Crippen LogP contribution in [0.3, 0.4) is 0 Å². The molecule has 2 rings (SSSR count). The second kappa shape index (κ2) is 7.46. The zero-order chi connectivity index (χ0) is 14.4. The first-order valence-electron chi connectivity index (χ1n) is 6.95. The van der Waals surface area contributed by atoms with Crippen molar-refractivity contribution in [2.75, 3.05) is 19.8 Å². The molecule has 1 aromatic heterocycles. The molecule has 4 heteroatoms. The normalized spacial score (nSPS) is 12.6. The maximum absolute atomic E-state index is 5.99. The van der Waals surface area contributed by atoms with Gasteiger partial charge in [0.25, 0.3) is 0 Å². The van der Waals surface area contributed by atoms with Gasteiger partial charge in [0, 0.05) is 23.6 Å². The van der Waals surface area contributed by atoms with Gasteiger partial charge in [-0.2, -0.15) is 0 Å². The molecule has 1 unspecified atom stereocenters. The minimum Gasteiger partial charge on any atom is -0.492 e. The van der Waals surface area contributed by atoms with E-state index < -0.39 is 0 Å². The lowest BCUT2D eigenvalue weighted by Crippen LogP contribution is -2.11. The first-order valence-corrected chi connectivity index (χ1v) is 7.32. The highest BCUT2D eigenvalue weighted by Crippen LogP contribution is 2.22. The largest absolute Gasteiger partial charge is 0.492 e. The number of aromatic nitrogens is 1. The lowest BCUT2D eigenvalue weighted by atomic mass is 10.1. The Kier molecular flexibility index (Phi) is 5.62. The van der Waals surface area contributed by atoms with Gasteiger partial charge < -0.3 is 9.47 Å². The smallest absolute Gasteiger partial charge is 0.138 e. The molecule has 0 fully saturated rings. The molecule has 1 heterocycles. The molecule has 0 radical (unpaired) electrons. The lowest BCUT2D eigenvalue weighted by Gasteiger charge is -2.13. The minimum absolute atomic E-state index is 0.455. The van der Waals surface area contributed by atoms with Crippen LogP contribution in [0.5, 0.6) is 5.75 Å². The van der Waals surface area contributed by atoms with Gasteiger partial charge in [-0.25, -0.2) is 0 Å². The van der Waals surface area contributed by atoms with Crippen LogP contribution in [-0.4, -0.2) is 24.8 Å². The van der Waals surface area contributed by atoms with Crippen molar-refractivity contribution in [1.82, 2.24) is 4.98 Å². The number of fused-ring (bicyclic) bond motifs is 1. The van der Waals surface area contributed by atoms with Crippen molar-refractivity contribution in [3.8, 4) is 5.75 Å². The van der Waals surface area contributed by atoms with Crippen LogP contribution in [0, 0.1) is 5.92 Å². The number of benzene rings is 1. The summed E-state index contributed by atoms with van der Waals surface area (Å²) in [7, 11) is 0. The van der Waals surface area contributed by atoms with Gasteiger partial charge in [0.05, 0.1) is 18.3 Å². The van der Waals surface area contributed by atoms with Crippen LogP contribution in [0.2, 0.25) is 5.02 Å². The van der Waals surface area contributed by atoms with Crippen molar-refractivity contribution in [3.63, 3.8) is 0 Å². The maximum Gasteiger partial charge on any atom is 0.138 e. The Labute approximate surface area is 124 Å². The molecule has 1 aromatic carbocycles. The molecule has 0 bridgehead atoms. The van der Waals surface area contributed by atoms with Crippen molar-refractivity contribution < 1.29 is 9.47 Å². The number of hydrogen-bond acceptors (Lipinski definition) is 3. The third-order valence-electron chi connectivity index (χ3n) is 3.11. The number of hydrogen-bond donors (Lipinski definition) is 0. The monoisotopic (exact) mass is 293 g/mol. The summed E-state index contributed by atoms with van der Waals surface area (Å²) in [6.45, 7) is 6.38. The quantitative estimate of drug-likeness (QED) is 0.712. The van der Waals surface area contributed by atoms with E-state index in [1.165, 1.54) is 0 Å². The van der Waals surface area contributed by atoms with Gasteiger partial charge >= 0.3 is 0 Å². The van der Waals surface area contributed by atoms with Crippen LogP contribution in [0.15, 0.2) is 30.5 Å². The summed E-state index contributed by atoms with van der Waals surface area (Å²) in [5.74, 6) is 1.24. The van der Waals surface area contributed by atoms with Crippen LogP contribution in [0.4, 0.5) is 0 Å². The molecule has 3 nitrogen and oxygen atoms in total. The predicted molar refractivity (Wildman–Crippen MR) is 82.5 cm³/mol. The summed E-state index contributed by atoms with van der Waals surface area (Å²) >= 11 is 5.99. The van der Waals surface area contributed by atoms with Crippen LogP contribution in [0.1, 0.15) is 20.3 Å². The average Bonchev–Trinajstić information content (AvgIpc) is 2.45. The fourth-order valence-corrected chi connectivity index (χ4v) is 2.09. The molecule has 0 saturated heterocycles. The number of pyridine rings is 1. The molecule has 0 spiro atoms. The van der Waals surface area contributed by atoms with E-state index >= 15 is 0 Å². The summed E-state index contributed by atoms with van der Waals surface area (Å²) in [6.07, 6.45) is 2.76. The Morgan fingerprint density at radius 2 is 2.15 bits per heavy atom. The number of halogens is 1. The highest BCUT2D eigenvalue weighted by molar-refractivity contribution is 6.31. The summed E-state index contributed by atoms with van der Waals surface area (Å²) in [5.41, 5.74) is 0.922. The highest BCUT2D eigenvalue weighted by atomic mass is 35.5. The van der Waals surface area contributed by atoms with Crippen molar-refractivity contribution in [2.24, 2.45) is 5.92 Å². The van der Waals surface area contributed by atoms with Gasteiger partial charge in [0.15, 0.2) is 0 Å². The number of rotatable bonds is 7. The van der Waals surface area contributed by atoms with Crippen LogP contribution < -0.4 is 4.74 Å². The Morgan fingerprint density at radius 1 is 1.30 bits per heavy atom. The van der Waals surface area contributed by atoms with Crippen molar-refractivity contribution in [3.05, 3.63) is 35.5 Å². The highest BCUT2D eigenvalue weighted by Gasteiger charge is 2.05. The first kappa shape index (κ1) is 15.1. The number of ether oxygens (including phenoxy) is 2. The van der Waals surface area contributed by atoms with E-state index in [0.717, 1.165) is 36.3 Å². The second-order valence-corrected chi connectivity index (χ2v) is 5.35. The van der Waals surface area contributed by atoms with Crippen molar-refractivity contribution in [1.29, 1.82) is 0 Å². The predicted octanol–water partition coefficient (Wildman–Crippen LogP) is 4.33. The van der Waals surface area contributed by atoms with Gasteiger partial charge in [0.1, 0.15) is 5.75 Å². The van der Waals surface area contributed by atoms with Gasteiger partial charge in [-0.3, -0.25) is 4.98 Å². The molecule has 0 aliphatic heterocycles. The van der Waals surface area contributed by atoms with Crippen LogP contribution >= 0.6 is 11.6 Å². The zero-order valence-corrected chi connectivity index (χ0v) is 12.7. The zero-order valence-electron chi connectivity index (χ0n) is 11.9. The molecule has 0 saturated carbocycles. The van der Waals surface area contributed by atoms with E-state index in [4.69, 9.17) is 21.1 Å². The van der Waals surface area contributed by atoms with E-state index in [2.05, 4.69) is 11.9 Å². The topological polar surface area (TPSA) is 31.4 Å². The Morgan fingerprint density at radius 3 is 2.95 bits per heavy atom. The summed E-state index contributed by atoms with van der Waals surface area (Å²) in [4.78, 5) is 4.37. The molecule has 20 heavy (non-hydrogen) atoms. The van der Waals surface area contributed by atoms with E-state index in [-0.39, 0.29) is 0 Å². The third-order valence-corrected chi connectivity index (χ3v) is 3.35. The Balaban J connectivity index is 1.92. The number of nitrogens with zero attached hydrogens (tertiary/aromatic N) is 1. The Hall–Kier alpha value is -1.32. The second-order valence-electron chi connectivity index (χ2n) is 4.91. The average molecular weight is 294 g/mol. The summed E-state index contributed by atoms with van der Waals surface area (Å²) in [5, 5.41) is 1.71. The Bertz CT molecular complexity index is 559. The SMILES string of the molecule is CCOCCC(C)COc1cnc2ccc(Cl)cc2c1. The molecular weight excluding hydrogens is 274 g/mol. The molecule has 0 aliphatic carbocycles. The van der Waals surface area contributed by atoms with E-state index in [1.807, 2.05) is 31.2 Å². The molecule has 1 atom stereocenters. The maximum atomic E-state index is 5.99. The fourth-order valence-electron chi connectivity index (χ4n) is 1.91. The van der Waals surface area contributed by atoms with Gasteiger partial charge in [-0.05, 0) is 43.5 Å². The molecule has 2 aromatic rings. The molecule has 0 amide bonds. The summed E-state index contributed by atoms with van der Waals surface area (Å²) < 4.78 is 11.1. The van der Waals surface area contributed by atoms with Gasteiger partial charge in [0.2, 0.25) is 0 Å². The third kappa shape index (κ3) is 4.36. The van der Waals surface area contributed by atoms with Gasteiger partial charge in [-0.1, -0.05) is 18.5 Å². The lowest BCUT2D eigenvalue weighted by molar-refractivity contribution is 0.123. The van der Waals surface area contributed by atoms with E-state index in [9.17, 15) is 0 Å². The van der Waals surface area contributed by atoms with Crippen LogP contribution in [-0.2, 0) is 4.74 Å². The van der Waals surface area contributed by atoms with E-state index in [0.29, 0.717) is 17.5 Å². The first-order chi connectivity index (χ1) is 9.69. The molecular formula is C16H20ClNO2. The van der Waals surface area contributed by atoms with Crippen molar-refractivity contribution in [2.45, 2.75) is 20.3 Å². The standard InChI is InChI=1S/C16H20ClNO2/c1-3-19-7-6-12(2)11-20-15-9-13-8-14(17)4-5-16(13)18-10-15/h4-5,8-10,12H,3,6-7,11H2,1-2H3. The van der Waals surface area contributed by atoms with E-state index in [1.54, 1.807) is 6.20 Å². The molecule has 108 valence electrons. The molecule has 0 N–H and O–H groups in total.